The van der Waals surface area contributed by atoms with E-state index in [0.29, 0.717) is 10.9 Å². The molecule has 2 aromatic heterocycles. The monoisotopic (exact) mass is 367 g/mol. The molecule has 25 heavy (non-hydrogen) atoms. The summed E-state index contributed by atoms with van der Waals surface area (Å²) in [5.41, 5.74) is 4.49. The molecule has 4 rings (SSSR count). The van der Waals surface area contributed by atoms with E-state index in [1.807, 2.05) is 23.6 Å². The molecule has 1 aliphatic carbocycles. The van der Waals surface area contributed by atoms with Crippen molar-refractivity contribution in [2.24, 2.45) is 0 Å². The van der Waals surface area contributed by atoms with E-state index < -0.39 is 0 Å². The van der Waals surface area contributed by atoms with Crippen LogP contribution in [0.4, 0.5) is 5.13 Å². The number of hydrogen-bond acceptors (Lipinski definition) is 5. The van der Waals surface area contributed by atoms with E-state index in [1.165, 1.54) is 35.3 Å². The molecule has 0 saturated carbocycles. The second kappa shape index (κ2) is 7.37. The summed E-state index contributed by atoms with van der Waals surface area (Å²) in [5, 5.41) is 5.39. The number of aryl methyl sites for hydroxylation is 2. The fraction of sp³-hybridized carbons (Fsp3) is 0.211. The third kappa shape index (κ3) is 3.91. The van der Waals surface area contributed by atoms with Crippen LogP contribution in [0.3, 0.4) is 0 Å². The molecule has 3 aromatic rings. The van der Waals surface area contributed by atoms with Crippen LogP contribution in [0.15, 0.2) is 52.9 Å². The standard InChI is InChI=1S/C19H17N3OS2/c23-18(12-24-15-8-7-13-4-3-5-14(13)10-15)22-19-21-17(11-25-19)16-6-1-2-9-20-16/h1-2,6-11H,3-5,12H2,(H,21,22,23). The zero-order valence-corrected chi connectivity index (χ0v) is 15.2. The van der Waals surface area contributed by atoms with Gasteiger partial charge in [0.2, 0.25) is 5.91 Å². The zero-order valence-electron chi connectivity index (χ0n) is 13.6. The lowest BCUT2D eigenvalue weighted by molar-refractivity contribution is -0.113. The van der Waals surface area contributed by atoms with Gasteiger partial charge in [0.05, 0.1) is 11.4 Å². The summed E-state index contributed by atoms with van der Waals surface area (Å²) in [6, 6.07) is 12.2. The summed E-state index contributed by atoms with van der Waals surface area (Å²) >= 11 is 2.99. The maximum atomic E-state index is 12.2. The van der Waals surface area contributed by atoms with Crippen LogP contribution in [0.2, 0.25) is 0 Å². The first-order valence-electron chi connectivity index (χ1n) is 8.19. The number of amides is 1. The van der Waals surface area contributed by atoms with Gasteiger partial charge in [0.15, 0.2) is 5.13 Å². The molecule has 1 N–H and O–H groups in total. The van der Waals surface area contributed by atoms with Crippen LogP contribution in [0, 0.1) is 0 Å². The van der Waals surface area contributed by atoms with Gasteiger partial charge in [0.25, 0.3) is 0 Å². The van der Waals surface area contributed by atoms with E-state index in [2.05, 4.69) is 33.5 Å². The predicted octanol–water partition coefficient (Wildman–Crippen LogP) is 4.42. The number of carbonyl (C=O) groups excluding carboxylic acids is 1. The van der Waals surface area contributed by atoms with Crippen molar-refractivity contribution in [3.63, 3.8) is 0 Å². The molecule has 1 aliphatic rings. The number of nitrogens with zero attached hydrogens (tertiary/aromatic N) is 2. The Kier molecular flexibility index (Phi) is 4.81. The molecule has 126 valence electrons. The van der Waals surface area contributed by atoms with Gasteiger partial charge in [-0.3, -0.25) is 9.78 Å². The first-order valence-corrected chi connectivity index (χ1v) is 10.1. The lowest BCUT2D eigenvalue weighted by Crippen LogP contribution is -2.13. The van der Waals surface area contributed by atoms with Crippen molar-refractivity contribution in [1.29, 1.82) is 0 Å². The average molecular weight is 367 g/mol. The first-order chi connectivity index (χ1) is 12.3. The van der Waals surface area contributed by atoms with E-state index in [-0.39, 0.29) is 5.91 Å². The molecule has 4 nitrogen and oxygen atoms in total. The van der Waals surface area contributed by atoms with Crippen LogP contribution in [0.5, 0.6) is 0 Å². The number of aromatic nitrogens is 2. The predicted molar refractivity (Wildman–Crippen MR) is 103 cm³/mol. The van der Waals surface area contributed by atoms with Crippen LogP contribution in [-0.4, -0.2) is 21.6 Å². The van der Waals surface area contributed by atoms with Crippen molar-refractivity contribution in [3.05, 3.63) is 59.1 Å². The zero-order chi connectivity index (χ0) is 17.1. The molecule has 0 unspecified atom stereocenters. The third-order valence-electron chi connectivity index (χ3n) is 4.12. The minimum absolute atomic E-state index is 0.0348. The molecule has 1 aromatic carbocycles. The van der Waals surface area contributed by atoms with Gasteiger partial charge in [-0.15, -0.1) is 23.1 Å². The van der Waals surface area contributed by atoms with Gasteiger partial charge < -0.3 is 5.32 Å². The maximum absolute atomic E-state index is 12.2. The molecule has 0 saturated heterocycles. The number of pyridine rings is 1. The minimum atomic E-state index is -0.0348. The van der Waals surface area contributed by atoms with Crippen LogP contribution in [-0.2, 0) is 17.6 Å². The normalized spacial score (nSPS) is 12.8. The van der Waals surface area contributed by atoms with Crippen molar-refractivity contribution in [1.82, 2.24) is 9.97 Å². The largest absolute Gasteiger partial charge is 0.301 e. The van der Waals surface area contributed by atoms with Crippen LogP contribution in [0.1, 0.15) is 17.5 Å². The molecule has 0 radical (unpaired) electrons. The third-order valence-corrected chi connectivity index (χ3v) is 5.87. The number of anilines is 1. The van der Waals surface area contributed by atoms with Crippen molar-refractivity contribution in [2.75, 3.05) is 11.1 Å². The second-order valence-corrected chi connectivity index (χ2v) is 7.78. The quantitative estimate of drug-likeness (QED) is 0.678. The number of nitrogens with one attached hydrogen (secondary N) is 1. The molecule has 0 spiro atoms. The Balaban J connectivity index is 1.34. The highest BCUT2D eigenvalue weighted by Gasteiger charge is 2.12. The number of hydrogen-bond donors (Lipinski definition) is 1. The Morgan fingerprint density at radius 2 is 2.08 bits per heavy atom. The summed E-state index contributed by atoms with van der Waals surface area (Å²) in [6.07, 6.45) is 5.32. The Bertz CT molecular complexity index is 893. The molecule has 0 fully saturated rings. The lowest BCUT2D eigenvalue weighted by Gasteiger charge is -2.05. The number of carbonyl (C=O) groups is 1. The van der Waals surface area contributed by atoms with Crippen molar-refractivity contribution < 1.29 is 4.79 Å². The second-order valence-electron chi connectivity index (χ2n) is 5.87. The number of thiazole rings is 1. The van der Waals surface area contributed by atoms with Gasteiger partial charge in [-0.1, -0.05) is 12.1 Å². The van der Waals surface area contributed by atoms with E-state index >= 15 is 0 Å². The van der Waals surface area contributed by atoms with E-state index in [1.54, 1.807) is 18.0 Å². The summed E-state index contributed by atoms with van der Waals surface area (Å²) in [7, 11) is 0. The smallest absolute Gasteiger partial charge is 0.236 e. The first kappa shape index (κ1) is 16.3. The number of fused-ring (bicyclic) bond motifs is 1. The molecule has 2 heterocycles. The van der Waals surface area contributed by atoms with Gasteiger partial charge in [-0.25, -0.2) is 4.98 Å². The Morgan fingerprint density at radius 3 is 2.96 bits per heavy atom. The summed E-state index contributed by atoms with van der Waals surface area (Å²) < 4.78 is 0. The topological polar surface area (TPSA) is 54.9 Å². The van der Waals surface area contributed by atoms with Crippen molar-refractivity contribution >= 4 is 34.1 Å². The van der Waals surface area contributed by atoms with Crippen LogP contribution >= 0.6 is 23.1 Å². The number of rotatable bonds is 5. The van der Waals surface area contributed by atoms with E-state index in [9.17, 15) is 4.79 Å². The fourth-order valence-electron chi connectivity index (χ4n) is 2.91. The molecule has 0 bridgehead atoms. The highest BCUT2D eigenvalue weighted by Crippen LogP contribution is 2.28. The molecule has 6 heteroatoms. The molecule has 0 aliphatic heterocycles. The summed E-state index contributed by atoms with van der Waals surface area (Å²) in [5.74, 6) is 0.351. The summed E-state index contributed by atoms with van der Waals surface area (Å²) in [6.45, 7) is 0. The highest BCUT2D eigenvalue weighted by molar-refractivity contribution is 8.00. The minimum Gasteiger partial charge on any atom is -0.301 e. The average Bonchev–Trinajstić information content (AvgIpc) is 3.29. The molecule has 1 amide bonds. The van der Waals surface area contributed by atoms with Crippen molar-refractivity contribution in [3.8, 4) is 11.4 Å². The fourth-order valence-corrected chi connectivity index (χ4v) is 4.39. The highest BCUT2D eigenvalue weighted by atomic mass is 32.2. The SMILES string of the molecule is O=C(CSc1ccc2c(c1)CCC2)Nc1nc(-c2ccccn2)cs1. The number of thioether (sulfide) groups is 1. The van der Waals surface area contributed by atoms with E-state index in [0.717, 1.165) is 22.7 Å². The molecular weight excluding hydrogens is 350 g/mol. The summed E-state index contributed by atoms with van der Waals surface area (Å²) in [4.78, 5) is 22.1. The van der Waals surface area contributed by atoms with Gasteiger partial charge in [0, 0.05) is 16.5 Å². The maximum Gasteiger partial charge on any atom is 0.236 e. The van der Waals surface area contributed by atoms with Crippen LogP contribution in [0.25, 0.3) is 11.4 Å². The Labute approximate surface area is 154 Å². The molecular formula is C19H17N3OS2. The van der Waals surface area contributed by atoms with E-state index in [4.69, 9.17) is 0 Å². The lowest BCUT2D eigenvalue weighted by atomic mass is 10.1. The van der Waals surface area contributed by atoms with Gasteiger partial charge in [0.1, 0.15) is 5.69 Å². The number of benzene rings is 1. The Hall–Kier alpha value is -2.18. The van der Waals surface area contributed by atoms with Crippen LogP contribution < -0.4 is 5.32 Å². The van der Waals surface area contributed by atoms with Crippen molar-refractivity contribution in [2.45, 2.75) is 24.2 Å². The molecule has 0 atom stereocenters. The van der Waals surface area contributed by atoms with Gasteiger partial charge >= 0.3 is 0 Å². The Morgan fingerprint density at radius 1 is 1.16 bits per heavy atom. The van der Waals surface area contributed by atoms with Gasteiger partial charge in [-0.05, 0) is 54.7 Å². The van der Waals surface area contributed by atoms with Gasteiger partial charge in [-0.2, -0.15) is 0 Å².